The van der Waals surface area contributed by atoms with Crippen molar-refractivity contribution in [2.24, 2.45) is 0 Å². The molecule has 1 fully saturated rings. The molecule has 1 heterocycles. The van der Waals surface area contributed by atoms with E-state index in [0.717, 1.165) is 13.1 Å². The zero-order chi connectivity index (χ0) is 13.8. The highest BCUT2D eigenvalue weighted by Crippen LogP contribution is 2.17. The van der Waals surface area contributed by atoms with Crippen LogP contribution in [0.5, 0.6) is 0 Å². The molecule has 106 valence electrons. The second-order valence-electron chi connectivity index (χ2n) is 6.12. The van der Waals surface area contributed by atoms with Crippen molar-refractivity contribution < 1.29 is 0 Å². The molecule has 0 bridgehead atoms. The van der Waals surface area contributed by atoms with Gasteiger partial charge in [-0.15, -0.1) is 0 Å². The van der Waals surface area contributed by atoms with Gasteiger partial charge in [0.05, 0.1) is 0 Å². The quantitative estimate of drug-likeness (QED) is 0.897. The van der Waals surface area contributed by atoms with E-state index >= 15 is 0 Å². The standard InChI is InChI=1S/C17H28N2/c1-5-17-12-19(15(4)6-7-18-17)11-16-9-13(2)8-14(3)10-16/h8-10,15,17-18H,5-7,11-12H2,1-4H3. The van der Waals surface area contributed by atoms with Crippen molar-refractivity contribution in [3.63, 3.8) is 0 Å². The summed E-state index contributed by atoms with van der Waals surface area (Å²) in [6.07, 6.45) is 2.47. The minimum Gasteiger partial charge on any atom is -0.313 e. The Bertz CT molecular complexity index is 393. The monoisotopic (exact) mass is 260 g/mol. The zero-order valence-electron chi connectivity index (χ0n) is 12.9. The molecule has 2 nitrogen and oxygen atoms in total. The summed E-state index contributed by atoms with van der Waals surface area (Å²) < 4.78 is 0. The molecule has 0 aromatic heterocycles. The molecular formula is C17H28N2. The lowest BCUT2D eigenvalue weighted by molar-refractivity contribution is 0.194. The zero-order valence-corrected chi connectivity index (χ0v) is 12.9. The highest BCUT2D eigenvalue weighted by Gasteiger charge is 2.21. The normalized spacial score (nSPS) is 25.3. The van der Waals surface area contributed by atoms with Gasteiger partial charge in [0.25, 0.3) is 0 Å². The summed E-state index contributed by atoms with van der Waals surface area (Å²) in [5, 5.41) is 3.66. The largest absolute Gasteiger partial charge is 0.313 e. The van der Waals surface area contributed by atoms with Gasteiger partial charge in [0, 0.05) is 25.2 Å². The minimum absolute atomic E-state index is 0.649. The number of nitrogens with zero attached hydrogens (tertiary/aromatic N) is 1. The predicted molar refractivity (Wildman–Crippen MR) is 82.5 cm³/mol. The van der Waals surface area contributed by atoms with Crippen LogP contribution in [0.25, 0.3) is 0 Å². The highest BCUT2D eigenvalue weighted by molar-refractivity contribution is 5.28. The van der Waals surface area contributed by atoms with E-state index in [4.69, 9.17) is 0 Å². The molecule has 0 radical (unpaired) electrons. The predicted octanol–water partition coefficient (Wildman–Crippen LogP) is 3.27. The molecule has 2 atom stereocenters. The lowest BCUT2D eigenvalue weighted by Gasteiger charge is -2.29. The van der Waals surface area contributed by atoms with E-state index in [-0.39, 0.29) is 0 Å². The molecule has 2 rings (SSSR count). The molecule has 2 heteroatoms. The summed E-state index contributed by atoms with van der Waals surface area (Å²) >= 11 is 0. The molecular weight excluding hydrogens is 232 g/mol. The van der Waals surface area contributed by atoms with Gasteiger partial charge >= 0.3 is 0 Å². The van der Waals surface area contributed by atoms with Gasteiger partial charge in [-0.1, -0.05) is 36.2 Å². The van der Waals surface area contributed by atoms with E-state index in [2.05, 4.69) is 56.1 Å². The van der Waals surface area contributed by atoms with Crippen molar-refractivity contribution in [2.45, 2.75) is 59.2 Å². The maximum absolute atomic E-state index is 3.66. The Morgan fingerprint density at radius 3 is 2.53 bits per heavy atom. The first kappa shape index (κ1) is 14.5. The van der Waals surface area contributed by atoms with E-state index in [1.807, 2.05) is 0 Å². The average molecular weight is 260 g/mol. The van der Waals surface area contributed by atoms with Crippen molar-refractivity contribution in [3.8, 4) is 0 Å². The number of nitrogens with one attached hydrogen (secondary N) is 1. The fourth-order valence-corrected chi connectivity index (χ4v) is 3.10. The van der Waals surface area contributed by atoms with E-state index < -0.39 is 0 Å². The fraction of sp³-hybridized carbons (Fsp3) is 0.647. The van der Waals surface area contributed by atoms with Gasteiger partial charge in [-0.3, -0.25) is 4.90 Å². The Hall–Kier alpha value is -0.860. The minimum atomic E-state index is 0.649. The van der Waals surface area contributed by atoms with Crippen LogP contribution in [0.1, 0.15) is 43.4 Å². The van der Waals surface area contributed by atoms with Gasteiger partial charge in [-0.2, -0.15) is 0 Å². The first-order valence-electron chi connectivity index (χ1n) is 7.63. The Balaban J connectivity index is 2.10. The number of hydrogen-bond donors (Lipinski definition) is 1. The molecule has 0 saturated carbocycles. The lowest BCUT2D eigenvalue weighted by atomic mass is 10.1. The van der Waals surface area contributed by atoms with Crippen LogP contribution < -0.4 is 5.32 Å². The maximum Gasteiger partial charge on any atom is 0.0237 e. The molecule has 0 spiro atoms. The summed E-state index contributed by atoms with van der Waals surface area (Å²) in [6.45, 7) is 12.4. The fourth-order valence-electron chi connectivity index (χ4n) is 3.10. The molecule has 1 N–H and O–H groups in total. The van der Waals surface area contributed by atoms with E-state index in [9.17, 15) is 0 Å². The summed E-state index contributed by atoms with van der Waals surface area (Å²) in [5.74, 6) is 0. The molecule has 19 heavy (non-hydrogen) atoms. The summed E-state index contributed by atoms with van der Waals surface area (Å²) in [4.78, 5) is 2.64. The highest BCUT2D eigenvalue weighted by atomic mass is 15.2. The summed E-state index contributed by atoms with van der Waals surface area (Å²) in [5.41, 5.74) is 4.21. The molecule has 1 saturated heterocycles. The van der Waals surface area contributed by atoms with Gasteiger partial charge < -0.3 is 5.32 Å². The number of rotatable bonds is 3. The van der Waals surface area contributed by atoms with Crippen molar-refractivity contribution in [2.75, 3.05) is 13.1 Å². The lowest BCUT2D eigenvalue weighted by Crippen LogP contribution is -2.39. The first-order chi connectivity index (χ1) is 9.08. The van der Waals surface area contributed by atoms with Crippen LogP contribution >= 0.6 is 0 Å². The van der Waals surface area contributed by atoms with Crippen LogP contribution in [0.15, 0.2) is 18.2 Å². The maximum atomic E-state index is 3.66. The van der Waals surface area contributed by atoms with Gasteiger partial charge in [-0.25, -0.2) is 0 Å². The molecule has 1 aliphatic heterocycles. The third-order valence-corrected chi connectivity index (χ3v) is 4.23. The van der Waals surface area contributed by atoms with Crippen LogP contribution in [0, 0.1) is 13.8 Å². The second kappa shape index (κ2) is 6.53. The van der Waals surface area contributed by atoms with Crippen molar-refractivity contribution in [1.82, 2.24) is 10.2 Å². The van der Waals surface area contributed by atoms with Gasteiger partial charge in [-0.05, 0) is 45.7 Å². The van der Waals surface area contributed by atoms with Crippen LogP contribution in [-0.4, -0.2) is 30.1 Å². The smallest absolute Gasteiger partial charge is 0.0237 e. The Morgan fingerprint density at radius 2 is 1.89 bits per heavy atom. The van der Waals surface area contributed by atoms with E-state index in [0.29, 0.717) is 12.1 Å². The Kier molecular flexibility index (Phi) is 5.00. The van der Waals surface area contributed by atoms with Gasteiger partial charge in [0.1, 0.15) is 0 Å². The molecule has 2 unspecified atom stereocenters. The Morgan fingerprint density at radius 1 is 1.21 bits per heavy atom. The van der Waals surface area contributed by atoms with Gasteiger partial charge in [0.2, 0.25) is 0 Å². The van der Waals surface area contributed by atoms with Crippen LogP contribution in [0.3, 0.4) is 0 Å². The third kappa shape index (κ3) is 4.05. The molecule has 1 aromatic carbocycles. The number of hydrogen-bond acceptors (Lipinski definition) is 2. The van der Waals surface area contributed by atoms with Crippen LogP contribution in [-0.2, 0) is 6.54 Å². The second-order valence-corrected chi connectivity index (χ2v) is 6.12. The molecule has 0 aliphatic carbocycles. The summed E-state index contributed by atoms with van der Waals surface area (Å²) in [7, 11) is 0. The van der Waals surface area contributed by atoms with Crippen LogP contribution in [0.4, 0.5) is 0 Å². The average Bonchev–Trinajstić information content (AvgIpc) is 2.51. The number of benzene rings is 1. The van der Waals surface area contributed by atoms with E-state index in [1.54, 1.807) is 0 Å². The van der Waals surface area contributed by atoms with Crippen molar-refractivity contribution >= 4 is 0 Å². The third-order valence-electron chi connectivity index (χ3n) is 4.23. The van der Waals surface area contributed by atoms with Crippen molar-refractivity contribution in [1.29, 1.82) is 0 Å². The van der Waals surface area contributed by atoms with Gasteiger partial charge in [0.15, 0.2) is 0 Å². The van der Waals surface area contributed by atoms with E-state index in [1.165, 1.54) is 36.1 Å². The molecule has 1 aliphatic rings. The molecule has 0 amide bonds. The van der Waals surface area contributed by atoms with Crippen LogP contribution in [0.2, 0.25) is 0 Å². The number of aryl methyl sites for hydroxylation is 2. The Labute approximate surface area is 118 Å². The molecule has 1 aromatic rings. The topological polar surface area (TPSA) is 15.3 Å². The summed E-state index contributed by atoms with van der Waals surface area (Å²) in [6, 6.07) is 8.24. The van der Waals surface area contributed by atoms with Crippen molar-refractivity contribution in [3.05, 3.63) is 34.9 Å². The SMILES string of the molecule is CCC1CN(Cc2cc(C)cc(C)c2)C(C)CCN1. The first-order valence-corrected chi connectivity index (χ1v) is 7.63.